The molecule has 11 heteroatoms. The van der Waals surface area contributed by atoms with E-state index in [1.165, 1.54) is 12.1 Å². The van der Waals surface area contributed by atoms with E-state index in [2.05, 4.69) is 25.8 Å². The second-order valence-electron chi connectivity index (χ2n) is 6.04. The van der Waals surface area contributed by atoms with Gasteiger partial charge < -0.3 is 15.4 Å². The fourth-order valence-corrected chi connectivity index (χ4v) is 2.57. The summed E-state index contributed by atoms with van der Waals surface area (Å²) >= 11 is 0. The number of hydrogen-bond donors (Lipinski definition) is 2. The van der Waals surface area contributed by atoms with Crippen LogP contribution in [0.1, 0.15) is 18.3 Å². The fraction of sp³-hybridized carbons (Fsp3) is 0.316. The van der Waals surface area contributed by atoms with Gasteiger partial charge in [0.05, 0.1) is 12.1 Å². The van der Waals surface area contributed by atoms with Crippen LogP contribution >= 0.6 is 24.0 Å². The van der Waals surface area contributed by atoms with Crippen LogP contribution in [0.4, 0.5) is 13.2 Å². The molecule has 0 fully saturated rings. The van der Waals surface area contributed by atoms with Crippen molar-refractivity contribution in [1.29, 1.82) is 0 Å². The van der Waals surface area contributed by atoms with Gasteiger partial charge in [-0.3, -0.25) is 4.40 Å². The van der Waals surface area contributed by atoms with Crippen LogP contribution in [-0.4, -0.2) is 40.3 Å². The zero-order chi connectivity index (χ0) is 20.7. The third-order valence-corrected chi connectivity index (χ3v) is 3.95. The molecule has 0 unspecified atom stereocenters. The van der Waals surface area contributed by atoms with Gasteiger partial charge in [0.1, 0.15) is 18.9 Å². The number of hydrogen-bond acceptors (Lipinski definition) is 4. The number of aliphatic imine (C=N–C) groups is 1. The second-order valence-corrected chi connectivity index (χ2v) is 6.04. The van der Waals surface area contributed by atoms with Crippen molar-refractivity contribution >= 4 is 35.6 Å². The van der Waals surface area contributed by atoms with Gasteiger partial charge in [-0.1, -0.05) is 6.07 Å². The maximum absolute atomic E-state index is 12.6. The predicted molar refractivity (Wildman–Crippen MR) is 118 cm³/mol. The first-order valence-corrected chi connectivity index (χ1v) is 9.08. The molecule has 2 aromatic heterocycles. The van der Waals surface area contributed by atoms with Gasteiger partial charge in [0, 0.05) is 12.7 Å². The fourth-order valence-electron chi connectivity index (χ4n) is 2.57. The van der Waals surface area contributed by atoms with Gasteiger partial charge in [0.15, 0.2) is 17.4 Å². The molecule has 0 spiro atoms. The monoisotopic (exact) mass is 534 g/mol. The first-order valence-electron chi connectivity index (χ1n) is 9.08. The summed E-state index contributed by atoms with van der Waals surface area (Å²) in [5.74, 6) is 1.66. The number of nitrogens with one attached hydrogen (secondary N) is 2. The number of nitrogens with zero attached hydrogens (tertiary/aromatic N) is 4. The van der Waals surface area contributed by atoms with Crippen LogP contribution in [0.25, 0.3) is 5.65 Å². The Bertz CT molecular complexity index is 959. The number of alkyl halides is 3. The van der Waals surface area contributed by atoms with Gasteiger partial charge in [0.2, 0.25) is 0 Å². The van der Waals surface area contributed by atoms with E-state index in [0.29, 0.717) is 37.2 Å². The van der Waals surface area contributed by atoms with Crippen molar-refractivity contribution in [1.82, 2.24) is 25.2 Å². The molecule has 0 atom stereocenters. The minimum atomic E-state index is -4.35. The molecule has 0 aliphatic carbocycles. The standard InChI is InChI=1S/C19H21F3N6O.HI/c1-2-23-18(25-13-17-27-26-16-5-3-4-11-28(16)17)24-10-12-29-15-8-6-14(7-9-15)19(20,21)22;/h3-9,11H,2,10,12-13H2,1H3,(H2,23,24,25);1H. The Morgan fingerprint density at radius 2 is 1.87 bits per heavy atom. The van der Waals surface area contributed by atoms with Crippen LogP contribution in [0.5, 0.6) is 5.75 Å². The normalized spacial score (nSPS) is 11.8. The Morgan fingerprint density at radius 1 is 1.10 bits per heavy atom. The number of guanidine groups is 1. The van der Waals surface area contributed by atoms with Crippen LogP contribution in [0.3, 0.4) is 0 Å². The lowest BCUT2D eigenvalue weighted by molar-refractivity contribution is -0.137. The van der Waals surface area contributed by atoms with Crippen molar-refractivity contribution in [2.75, 3.05) is 19.7 Å². The van der Waals surface area contributed by atoms with Crippen molar-refractivity contribution in [2.24, 2.45) is 4.99 Å². The van der Waals surface area contributed by atoms with Crippen molar-refractivity contribution in [3.05, 3.63) is 60.0 Å². The molecule has 0 saturated carbocycles. The Hall–Kier alpha value is -2.57. The molecule has 0 bridgehead atoms. The largest absolute Gasteiger partial charge is 0.492 e. The van der Waals surface area contributed by atoms with Gasteiger partial charge in [-0.05, 0) is 43.3 Å². The van der Waals surface area contributed by atoms with E-state index >= 15 is 0 Å². The van der Waals surface area contributed by atoms with E-state index in [9.17, 15) is 13.2 Å². The summed E-state index contributed by atoms with van der Waals surface area (Å²) in [6, 6.07) is 10.2. The zero-order valence-corrected chi connectivity index (χ0v) is 18.5. The Morgan fingerprint density at radius 3 is 2.57 bits per heavy atom. The average molecular weight is 534 g/mol. The molecule has 0 aliphatic rings. The van der Waals surface area contributed by atoms with Crippen molar-refractivity contribution in [2.45, 2.75) is 19.6 Å². The minimum absolute atomic E-state index is 0. The number of pyridine rings is 1. The summed E-state index contributed by atoms with van der Waals surface area (Å²) in [6.07, 6.45) is -2.48. The molecule has 7 nitrogen and oxygen atoms in total. The molecular formula is C19H22F3IN6O. The third-order valence-electron chi connectivity index (χ3n) is 3.95. The highest BCUT2D eigenvalue weighted by atomic mass is 127. The molecule has 1 aromatic carbocycles. The molecule has 0 radical (unpaired) electrons. The zero-order valence-electron chi connectivity index (χ0n) is 16.2. The van der Waals surface area contributed by atoms with Crippen molar-refractivity contribution in [3.8, 4) is 5.75 Å². The van der Waals surface area contributed by atoms with Gasteiger partial charge in [0.25, 0.3) is 0 Å². The summed E-state index contributed by atoms with van der Waals surface area (Å²) in [5, 5.41) is 14.4. The highest BCUT2D eigenvalue weighted by Gasteiger charge is 2.29. The summed E-state index contributed by atoms with van der Waals surface area (Å²) in [5.41, 5.74) is 0.0474. The van der Waals surface area contributed by atoms with Gasteiger partial charge in [-0.15, -0.1) is 34.2 Å². The molecule has 0 amide bonds. The predicted octanol–water partition coefficient (Wildman–Crippen LogP) is 3.50. The quantitative estimate of drug-likeness (QED) is 0.210. The number of benzene rings is 1. The van der Waals surface area contributed by atoms with Gasteiger partial charge in [-0.25, -0.2) is 4.99 Å². The Kier molecular flexibility index (Phi) is 8.69. The number of aromatic nitrogens is 3. The van der Waals surface area contributed by atoms with Crippen molar-refractivity contribution in [3.63, 3.8) is 0 Å². The van der Waals surface area contributed by atoms with Gasteiger partial charge in [-0.2, -0.15) is 13.2 Å². The first kappa shape index (κ1) is 23.7. The smallest absolute Gasteiger partial charge is 0.416 e. The Labute approximate surface area is 188 Å². The highest BCUT2D eigenvalue weighted by Crippen LogP contribution is 2.30. The van der Waals surface area contributed by atoms with E-state index in [-0.39, 0.29) is 30.6 Å². The summed E-state index contributed by atoms with van der Waals surface area (Å²) < 4.78 is 45.0. The van der Waals surface area contributed by atoms with Crippen LogP contribution in [0.2, 0.25) is 0 Å². The van der Waals surface area contributed by atoms with E-state index in [0.717, 1.165) is 17.8 Å². The molecular weight excluding hydrogens is 512 g/mol. The minimum Gasteiger partial charge on any atom is -0.492 e. The lowest BCUT2D eigenvalue weighted by Gasteiger charge is -2.12. The SMILES string of the molecule is CCNC(=NCc1nnc2ccccn12)NCCOc1ccc(C(F)(F)F)cc1.I. The molecule has 0 aliphatic heterocycles. The average Bonchev–Trinajstić information content (AvgIpc) is 3.12. The maximum Gasteiger partial charge on any atom is 0.416 e. The number of rotatable bonds is 7. The summed E-state index contributed by atoms with van der Waals surface area (Å²) in [7, 11) is 0. The van der Waals surface area contributed by atoms with Crippen LogP contribution in [0.15, 0.2) is 53.7 Å². The molecule has 162 valence electrons. The molecule has 0 saturated heterocycles. The summed E-state index contributed by atoms with van der Waals surface area (Å²) in [4.78, 5) is 4.48. The van der Waals surface area contributed by atoms with E-state index < -0.39 is 11.7 Å². The topological polar surface area (TPSA) is 75.8 Å². The number of halogens is 4. The van der Waals surface area contributed by atoms with Gasteiger partial charge >= 0.3 is 6.18 Å². The third kappa shape index (κ3) is 6.47. The molecule has 30 heavy (non-hydrogen) atoms. The number of ether oxygens (including phenoxy) is 1. The highest BCUT2D eigenvalue weighted by molar-refractivity contribution is 14.0. The molecule has 2 heterocycles. The lowest BCUT2D eigenvalue weighted by atomic mass is 10.2. The first-order chi connectivity index (χ1) is 14.0. The molecule has 3 aromatic rings. The molecule has 2 N–H and O–H groups in total. The van der Waals surface area contributed by atoms with Crippen molar-refractivity contribution < 1.29 is 17.9 Å². The maximum atomic E-state index is 12.6. The van der Waals surface area contributed by atoms with Crippen LogP contribution in [0, 0.1) is 0 Å². The van der Waals surface area contributed by atoms with E-state index in [4.69, 9.17) is 4.74 Å². The second kappa shape index (κ2) is 11.0. The van der Waals surface area contributed by atoms with Crippen LogP contribution < -0.4 is 15.4 Å². The Balaban J connectivity index is 0.00000320. The van der Waals surface area contributed by atoms with Crippen LogP contribution in [-0.2, 0) is 12.7 Å². The number of fused-ring (bicyclic) bond motifs is 1. The lowest BCUT2D eigenvalue weighted by Crippen LogP contribution is -2.39. The summed E-state index contributed by atoms with van der Waals surface area (Å²) in [6.45, 7) is 3.64. The molecule has 3 rings (SSSR count). The van der Waals surface area contributed by atoms with E-state index in [1.54, 1.807) is 0 Å². The van der Waals surface area contributed by atoms with E-state index in [1.807, 2.05) is 35.7 Å².